The lowest BCUT2D eigenvalue weighted by Crippen LogP contribution is -2.33. The van der Waals surface area contributed by atoms with Crippen molar-refractivity contribution in [3.8, 4) is 28.6 Å². The second-order valence-corrected chi connectivity index (χ2v) is 11.2. The molecule has 0 saturated heterocycles. The largest absolute Gasteiger partial charge is 0.494 e. The topological polar surface area (TPSA) is 143 Å². The normalized spacial score (nSPS) is 13.1. The summed E-state index contributed by atoms with van der Waals surface area (Å²) in [5, 5.41) is 8.41. The highest BCUT2D eigenvalue weighted by atomic mass is 32.2. The third kappa shape index (κ3) is 5.28. The molecule has 212 valence electrons. The lowest BCUT2D eigenvalue weighted by Gasteiger charge is -2.23. The van der Waals surface area contributed by atoms with Crippen LogP contribution in [0.4, 0.5) is 5.95 Å². The van der Waals surface area contributed by atoms with Crippen molar-refractivity contribution in [3.05, 3.63) is 78.5 Å². The number of benzene rings is 2. The molecule has 0 amide bonds. The van der Waals surface area contributed by atoms with Crippen LogP contribution in [0.1, 0.15) is 24.4 Å². The fourth-order valence-electron chi connectivity index (χ4n) is 4.53. The number of aromatic nitrogens is 6. The highest BCUT2D eigenvalue weighted by molar-refractivity contribution is 7.93. The number of nitrogens with one attached hydrogen (secondary N) is 1. The van der Waals surface area contributed by atoms with E-state index in [1.54, 1.807) is 41.4 Å². The van der Waals surface area contributed by atoms with Gasteiger partial charge in [-0.05, 0) is 43.7 Å². The Morgan fingerprint density at radius 2 is 1.56 bits per heavy atom. The molecule has 2 atom stereocenters. The monoisotopic (exact) mass is 575 g/mol. The Hall–Kier alpha value is -4.62. The van der Waals surface area contributed by atoms with Crippen molar-refractivity contribution in [1.82, 2.24) is 29.7 Å². The van der Waals surface area contributed by atoms with Crippen molar-refractivity contribution in [2.75, 3.05) is 26.1 Å². The predicted octanol–water partition coefficient (Wildman–Crippen LogP) is 4.12. The van der Waals surface area contributed by atoms with Crippen molar-refractivity contribution in [2.24, 2.45) is 0 Å². The zero-order valence-electron chi connectivity index (χ0n) is 23.1. The first-order valence-electron chi connectivity index (χ1n) is 12.6. The molecule has 1 N–H and O–H groups in total. The average molecular weight is 576 g/mol. The molecule has 0 saturated carbocycles. The number of fused-ring (bicyclic) bond motifs is 1. The number of methoxy groups -OCH3 is 3. The summed E-state index contributed by atoms with van der Waals surface area (Å²) in [4.78, 5) is 13.0. The molecule has 3 aromatic heterocycles. The maximum atomic E-state index is 13.8. The summed E-state index contributed by atoms with van der Waals surface area (Å²) in [6.07, 6.45) is 3.97. The predicted molar refractivity (Wildman–Crippen MR) is 154 cm³/mol. The van der Waals surface area contributed by atoms with Crippen molar-refractivity contribution < 1.29 is 22.6 Å². The fourth-order valence-corrected chi connectivity index (χ4v) is 5.66. The maximum absolute atomic E-state index is 13.8. The molecule has 41 heavy (non-hydrogen) atoms. The van der Waals surface area contributed by atoms with Gasteiger partial charge in [-0.25, -0.2) is 18.4 Å². The van der Waals surface area contributed by atoms with Crippen LogP contribution < -0.4 is 14.2 Å². The number of pyridine rings is 1. The van der Waals surface area contributed by atoms with E-state index in [4.69, 9.17) is 14.2 Å². The van der Waals surface area contributed by atoms with Crippen LogP contribution in [-0.2, 0) is 14.8 Å². The van der Waals surface area contributed by atoms with Crippen LogP contribution in [0.5, 0.6) is 11.5 Å². The van der Waals surface area contributed by atoms with Crippen LogP contribution in [0.3, 0.4) is 0 Å². The molecule has 0 bridgehead atoms. The van der Waals surface area contributed by atoms with E-state index in [0.29, 0.717) is 28.6 Å². The SMILES string of the molecule is COc1cccc(OC)c1-n1c(NS(=O)(=O)C(C)C(OC)c2ncc(C)cn2)nnc1-c1cccc2ncccc12. The van der Waals surface area contributed by atoms with E-state index < -0.39 is 21.4 Å². The van der Waals surface area contributed by atoms with Gasteiger partial charge in [0.15, 0.2) is 11.6 Å². The Labute approximate surface area is 237 Å². The number of aryl methyl sites for hydroxylation is 1. The molecule has 3 heterocycles. The van der Waals surface area contributed by atoms with Gasteiger partial charge in [-0.15, -0.1) is 10.2 Å². The Morgan fingerprint density at radius 3 is 2.22 bits per heavy atom. The molecule has 12 nitrogen and oxygen atoms in total. The number of hydrogen-bond donors (Lipinski definition) is 1. The van der Waals surface area contributed by atoms with Gasteiger partial charge in [0, 0.05) is 36.7 Å². The third-order valence-electron chi connectivity index (χ3n) is 6.63. The summed E-state index contributed by atoms with van der Waals surface area (Å²) in [5.41, 5.74) is 2.67. The van der Waals surface area contributed by atoms with E-state index in [2.05, 4.69) is 29.9 Å². The van der Waals surface area contributed by atoms with Gasteiger partial charge >= 0.3 is 0 Å². The zero-order chi connectivity index (χ0) is 29.1. The molecular weight excluding hydrogens is 546 g/mol. The summed E-state index contributed by atoms with van der Waals surface area (Å²) < 4.78 is 48.6. The molecule has 0 aliphatic heterocycles. The van der Waals surface area contributed by atoms with Gasteiger partial charge in [-0.1, -0.05) is 24.3 Å². The van der Waals surface area contributed by atoms with E-state index in [1.165, 1.54) is 28.3 Å². The molecule has 0 radical (unpaired) electrons. The third-order valence-corrected chi connectivity index (χ3v) is 8.33. The van der Waals surface area contributed by atoms with Gasteiger partial charge in [-0.3, -0.25) is 14.3 Å². The minimum Gasteiger partial charge on any atom is -0.494 e. The number of para-hydroxylation sites is 1. The first-order chi connectivity index (χ1) is 19.8. The minimum absolute atomic E-state index is 0.0739. The molecule has 5 aromatic rings. The smallest absolute Gasteiger partial charge is 0.243 e. The van der Waals surface area contributed by atoms with Gasteiger partial charge in [0.1, 0.15) is 28.5 Å². The van der Waals surface area contributed by atoms with Gasteiger partial charge in [0.2, 0.25) is 16.0 Å². The van der Waals surface area contributed by atoms with Crippen LogP contribution in [0.15, 0.2) is 67.1 Å². The Bertz CT molecular complexity index is 1760. The van der Waals surface area contributed by atoms with Gasteiger partial charge in [-0.2, -0.15) is 0 Å². The van der Waals surface area contributed by atoms with Crippen LogP contribution >= 0.6 is 0 Å². The molecule has 0 aliphatic carbocycles. The van der Waals surface area contributed by atoms with Crippen LogP contribution in [0.25, 0.3) is 28.0 Å². The fraction of sp³-hybridized carbons (Fsp3) is 0.250. The van der Waals surface area contributed by atoms with E-state index in [-0.39, 0.29) is 11.8 Å². The van der Waals surface area contributed by atoms with Crippen molar-refractivity contribution in [2.45, 2.75) is 25.2 Å². The summed E-state index contributed by atoms with van der Waals surface area (Å²) >= 11 is 0. The number of hydrogen-bond acceptors (Lipinski definition) is 10. The van der Waals surface area contributed by atoms with Gasteiger partial charge < -0.3 is 14.2 Å². The number of rotatable bonds is 10. The van der Waals surface area contributed by atoms with Crippen LogP contribution in [0, 0.1) is 6.92 Å². The number of nitrogens with zero attached hydrogens (tertiary/aromatic N) is 6. The highest BCUT2D eigenvalue weighted by Gasteiger charge is 2.35. The molecule has 5 rings (SSSR count). The average Bonchev–Trinajstić information content (AvgIpc) is 3.39. The summed E-state index contributed by atoms with van der Waals surface area (Å²) in [6, 6.07) is 14.6. The standard InChI is InChI=1S/C28H29N7O5S/c1-17-15-30-26(31-16-17)25(40-5)18(2)41(36,37)34-28-33-32-27(20-9-6-11-21-19(20)10-8-14-29-21)35(28)24-22(38-3)12-7-13-23(24)39-4/h6-16,18,25H,1-5H3,(H,33,34). The second kappa shape index (κ2) is 11.5. The zero-order valence-corrected chi connectivity index (χ0v) is 24.0. The molecule has 0 spiro atoms. The molecular formula is C28H29N7O5S. The van der Waals surface area contributed by atoms with E-state index >= 15 is 0 Å². The summed E-state index contributed by atoms with van der Waals surface area (Å²) in [5.74, 6) is 1.35. The molecule has 13 heteroatoms. The minimum atomic E-state index is -4.14. The molecule has 2 unspecified atom stereocenters. The quantitative estimate of drug-likeness (QED) is 0.258. The first-order valence-corrected chi connectivity index (χ1v) is 14.2. The number of anilines is 1. The highest BCUT2D eigenvalue weighted by Crippen LogP contribution is 2.39. The Balaban J connectivity index is 1.68. The maximum Gasteiger partial charge on any atom is 0.243 e. The first kappa shape index (κ1) is 27.9. The van der Waals surface area contributed by atoms with Crippen molar-refractivity contribution in [3.63, 3.8) is 0 Å². The lowest BCUT2D eigenvalue weighted by molar-refractivity contribution is 0.0949. The molecule has 0 fully saturated rings. The van der Waals surface area contributed by atoms with E-state index in [0.717, 1.165) is 16.5 Å². The van der Waals surface area contributed by atoms with Crippen molar-refractivity contribution >= 4 is 26.9 Å². The Morgan fingerprint density at radius 1 is 0.878 bits per heavy atom. The molecule has 2 aromatic carbocycles. The van der Waals surface area contributed by atoms with E-state index in [1.807, 2.05) is 37.3 Å². The van der Waals surface area contributed by atoms with Gasteiger partial charge in [0.25, 0.3) is 0 Å². The van der Waals surface area contributed by atoms with Crippen molar-refractivity contribution in [1.29, 1.82) is 0 Å². The van der Waals surface area contributed by atoms with E-state index in [9.17, 15) is 8.42 Å². The van der Waals surface area contributed by atoms with Gasteiger partial charge in [0.05, 0.1) is 19.7 Å². The molecule has 0 aliphatic rings. The summed E-state index contributed by atoms with van der Waals surface area (Å²) in [6.45, 7) is 3.36. The van der Waals surface area contributed by atoms with Crippen LogP contribution in [-0.4, -0.2) is 64.7 Å². The second-order valence-electron chi connectivity index (χ2n) is 9.20. The Kier molecular flexibility index (Phi) is 7.81. The summed E-state index contributed by atoms with van der Waals surface area (Å²) in [7, 11) is 0.305. The lowest BCUT2D eigenvalue weighted by atomic mass is 10.1. The number of ether oxygens (including phenoxy) is 3. The van der Waals surface area contributed by atoms with Crippen LogP contribution in [0.2, 0.25) is 0 Å². The number of sulfonamides is 1.